The van der Waals surface area contributed by atoms with Crippen LogP contribution in [0, 0.1) is 0 Å². The first-order valence-corrected chi connectivity index (χ1v) is 13.3. The van der Waals surface area contributed by atoms with Crippen LogP contribution < -0.4 is 21.1 Å². The van der Waals surface area contributed by atoms with E-state index in [1.807, 2.05) is 0 Å². The van der Waals surface area contributed by atoms with Crippen LogP contribution in [0.2, 0.25) is 0 Å². The Bertz CT molecular complexity index is 1630. The van der Waals surface area contributed by atoms with Crippen LogP contribution in [0.15, 0.2) is 65.6 Å². The molecule has 2 aromatic carbocycles. The van der Waals surface area contributed by atoms with Crippen molar-refractivity contribution < 1.29 is 31.5 Å². The van der Waals surface area contributed by atoms with Crippen molar-refractivity contribution >= 4 is 44.4 Å². The molecular formula is C25H24F3N7O4S. The van der Waals surface area contributed by atoms with Gasteiger partial charge in [0.1, 0.15) is 18.2 Å². The molecule has 0 spiro atoms. The lowest BCUT2D eigenvalue weighted by Gasteiger charge is -2.14. The van der Waals surface area contributed by atoms with Crippen LogP contribution in [0.1, 0.15) is 12.5 Å². The third-order valence-electron chi connectivity index (χ3n) is 5.53. The van der Waals surface area contributed by atoms with Gasteiger partial charge in [0.2, 0.25) is 16.0 Å². The highest BCUT2D eigenvalue weighted by molar-refractivity contribution is 7.89. The molecule has 0 aliphatic rings. The number of aliphatic hydroxyl groups is 1. The fourth-order valence-corrected chi connectivity index (χ4v) is 4.03. The molecule has 6 N–H and O–H groups in total. The van der Waals surface area contributed by atoms with Crippen molar-refractivity contribution in [3.05, 3.63) is 66.2 Å². The maximum atomic E-state index is 13.0. The van der Waals surface area contributed by atoms with Crippen molar-refractivity contribution in [2.24, 2.45) is 5.14 Å². The van der Waals surface area contributed by atoms with Gasteiger partial charge < -0.3 is 21.1 Å². The normalized spacial score (nSPS) is 12.7. The Balaban J connectivity index is 1.61. The maximum Gasteiger partial charge on any atom is 0.405 e. The average Bonchev–Trinajstić information content (AvgIpc) is 2.90. The van der Waals surface area contributed by atoms with Crippen LogP contribution in [0.25, 0.3) is 22.3 Å². The van der Waals surface area contributed by atoms with E-state index < -0.39 is 34.8 Å². The van der Waals surface area contributed by atoms with Crippen molar-refractivity contribution in [3.63, 3.8) is 0 Å². The van der Waals surface area contributed by atoms with E-state index in [0.29, 0.717) is 22.5 Å². The van der Waals surface area contributed by atoms with E-state index in [1.54, 1.807) is 36.4 Å². The number of carbonyl (C=O) groups excluding carboxylic acids is 1. The van der Waals surface area contributed by atoms with Gasteiger partial charge in [-0.1, -0.05) is 24.3 Å². The zero-order valence-corrected chi connectivity index (χ0v) is 21.7. The quantitative estimate of drug-likeness (QED) is 0.201. The van der Waals surface area contributed by atoms with Gasteiger partial charge in [0, 0.05) is 17.8 Å². The van der Waals surface area contributed by atoms with Crippen LogP contribution in [0.3, 0.4) is 0 Å². The minimum Gasteiger partial charge on any atom is -0.384 e. The molecule has 0 aliphatic carbocycles. The molecule has 1 amide bonds. The number of nitrogens with zero attached hydrogens (tertiary/aromatic N) is 3. The molecule has 0 saturated heterocycles. The minimum absolute atomic E-state index is 0.0282. The number of alkyl halides is 3. The lowest BCUT2D eigenvalue weighted by Crippen LogP contribution is -2.24. The number of fused-ring (bicyclic) bond motifs is 1. The fourth-order valence-electron chi connectivity index (χ4n) is 3.51. The van der Waals surface area contributed by atoms with E-state index in [2.05, 4.69) is 30.9 Å². The van der Waals surface area contributed by atoms with Gasteiger partial charge in [0.05, 0.1) is 16.1 Å². The van der Waals surface area contributed by atoms with Crippen molar-refractivity contribution in [3.8, 4) is 11.3 Å². The Kier molecular flexibility index (Phi) is 8.18. The monoisotopic (exact) mass is 575 g/mol. The number of sulfonamides is 1. The molecule has 0 aliphatic heterocycles. The second kappa shape index (κ2) is 11.4. The second-order valence-corrected chi connectivity index (χ2v) is 10.3. The standard InChI is InChI=1S/C25H24F3N7O4S/c1-14(36)23(37)32-17-6-4-16(5-7-17)19-10-11-20-21(33-19)22(31-13-25(26,27)28)35-24(34-20)30-12-15-2-8-18(9-3-15)40(29,38)39/h2-11,14,36H,12-13H2,1H3,(H,32,37)(H2,29,38,39)(H2,30,31,34,35). The molecule has 0 fully saturated rings. The number of benzene rings is 2. The smallest absolute Gasteiger partial charge is 0.384 e. The van der Waals surface area contributed by atoms with E-state index in [0.717, 1.165) is 0 Å². The Morgan fingerprint density at radius 2 is 1.65 bits per heavy atom. The van der Waals surface area contributed by atoms with Gasteiger partial charge in [-0.3, -0.25) is 4.79 Å². The predicted octanol–water partition coefficient (Wildman–Crippen LogP) is 3.24. The molecule has 1 atom stereocenters. The van der Waals surface area contributed by atoms with Crippen LogP contribution in [-0.4, -0.2) is 53.2 Å². The minimum atomic E-state index is -4.51. The molecule has 4 aromatic rings. The van der Waals surface area contributed by atoms with Crippen molar-refractivity contribution in [1.29, 1.82) is 0 Å². The number of rotatable bonds is 9. The first-order valence-electron chi connectivity index (χ1n) is 11.7. The molecule has 1 unspecified atom stereocenters. The zero-order valence-electron chi connectivity index (χ0n) is 20.9. The molecule has 210 valence electrons. The van der Waals surface area contributed by atoms with Gasteiger partial charge in [-0.2, -0.15) is 18.2 Å². The van der Waals surface area contributed by atoms with Gasteiger partial charge in [-0.25, -0.2) is 23.5 Å². The van der Waals surface area contributed by atoms with E-state index in [-0.39, 0.29) is 34.2 Å². The highest BCUT2D eigenvalue weighted by Crippen LogP contribution is 2.27. The first-order chi connectivity index (χ1) is 18.8. The SMILES string of the molecule is CC(O)C(=O)Nc1ccc(-c2ccc3nc(NCc4ccc(S(N)(=O)=O)cc4)nc(NCC(F)(F)F)c3n2)cc1. The average molecular weight is 576 g/mol. The third kappa shape index (κ3) is 7.40. The first kappa shape index (κ1) is 28.7. The maximum absolute atomic E-state index is 13.0. The summed E-state index contributed by atoms with van der Waals surface area (Å²) < 4.78 is 61.9. The summed E-state index contributed by atoms with van der Waals surface area (Å²) >= 11 is 0. The van der Waals surface area contributed by atoms with Gasteiger partial charge >= 0.3 is 6.18 Å². The van der Waals surface area contributed by atoms with Gasteiger partial charge in [0.15, 0.2) is 5.82 Å². The Labute approximate surface area is 226 Å². The third-order valence-corrected chi connectivity index (χ3v) is 6.46. The number of nitrogens with one attached hydrogen (secondary N) is 3. The number of hydrogen-bond donors (Lipinski definition) is 5. The topological polar surface area (TPSA) is 172 Å². The molecule has 0 saturated carbocycles. The number of hydrogen-bond acceptors (Lipinski definition) is 9. The number of carbonyl (C=O) groups is 1. The lowest BCUT2D eigenvalue weighted by molar-refractivity contribution is -0.123. The summed E-state index contributed by atoms with van der Waals surface area (Å²) in [7, 11) is -3.85. The molecule has 0 radical (unpaired) electrons. The largest absolute Gasteiger partial charge is 0.405 e. The summed E-state index contributed by atoms with van der Waals surface area (Å²) in [5, 5.41) is 22.2. The van der Waals surface area contributed by atoms with Gasteiger partial charge in [-0.05, 0) is 48.9 Å². The fraction of sp³-hybridized carbons (Fsp3) is 0.200. The van der Waals surface area contributed by atoms with Crippen molar-refractivity contribution in [2.75, 3.05) is 22.5 Å². The molecule has 0 bridgehead atoms. The van der Waals surface area contributed by atoms with Crippen molar-refractivity contribution in [1.82, 2.24) is 15.0 Å². The number of nitrogens with two attached hydrogens (primary N) is 1. The Morgan fingerprint density at radius 3 is 2.25 bits per heavy atom. The van der Waals surface area contributed by atoms with E-state index in [9.17, 15) is 31.5 Å². The van der Waals surface area contributed by atoms with Crippen LogP contribution >= 0.6 is 0 Å². The number of pyridine rings is 1. The number of primary sulfonamides is 1. The molecule has 15 heteroatoms. The van der Waals surface area contributed by atoms with E-state index in [1.165, 1.54) is 31.2 Å². The number of aliphatic hydroxyl groups excluding tert-OH is 1. The summed E-state index contributed by atoms with van der Waals surface area (Å²) in [5.74, 6) is -0.684. The molecule has 2 heterocycles. The summed E-state index contributed by atoms with van der Waals surface area (Å²) in [6, 6.07) is 15.5. The number of anilines is 3. The highest BCUT2D eigenvalue weighted by atomic mass is 32.2. The molecular weight excluding hydrogens is 551 g/mol. The van der Waals surface area contributed by atoms with E-state index >= 15 is 0 Å². The van der Waals surface area contributed by atoms with Crippen molar-refractivity contribution in [2.45, 2.75) is 30.6 Å². The molecule has 2 aromatic heterocycles. The lowest BCUT2D eigenvalue weighted by atomic mass is 10.1. The number of amides is 1. The van der Waals surface area contributed by atoms with Gasteiger partial charge in [0.25, 0.3) is 5.91 Å². The molecule has 40 heavy (non-hydrogen) atoms. The van der Waals surface area contributed by atoms with Gasteiger partial charge in [-0.15, -0.1) is 0 Å². The highest BCUT2D eigenvalue weighted by Gasteiger charge is 2.27. The number of aromatic nitrogens is 3. The van der Waals surface area contributed by atoms with Crippen LogP contribution in [-0.2, 0) is 21.4 Å². The molecule has 11 nitrogen and oxygen atoms in total. The zero-order chi connectivity index (χ0) is 29.1. The van der Waals surface area contributed by atoms with Crippen LogP contribution in [0.5, 0.6) is 0 Å². The second-order valence-electron chi connectivity index (χ2n) is 8.71. The van der Waals surface area contributed by atoms with Crippen LogP contribution in [0.4, 0.5) is 30.6 Å². The summed E-state index contributed by atoms with van der Waals surface area (Å²) in [6.45, 7) is 0.139. The Hall–Kier alpha value is -4.34. The summed E-state index contributed by atoms with van der Waals surface area (Å²) in [5.41, 5.74) is 2.52. The summed E-state index contributed by atoms with van der Waals surface area (Å²) in [6.07, 6.45) is -5.70. The van der Waals surface area contributed by atoms with E-state index in [4.69, 9.17) is 5.14 Å². The number of halogens is 3. The summed E-state index contributed by atoms with van der Waals surface area (Å²) in [4.78, 5) is 24.7. The predicted molar refractivity (Wildman–Crippen MR) is 143 cm³/mol. The Morgan fingerprint density at radius 1 is 0.975 bits per heavy atom. The molecule has 4 rings (SSSR count).